The second kappa shape index (κ2) is 6.88. The van der Waals surface area contributed by atoms with E-state index in [0.717, 1.165) is 18.1 Å². The molecule has 1 saturated heterocycles. The fourth-order valence-corrected chi connectivity index (χ4v) is 3.93. The van der Waals surface area contributed by atoms with Crippen molar-refractivity contribution in [1.82, 2.24) is 15.1 Å². The molecule has 3 heteroatoms. The van der Waals surface area contributed by atoms with Gasteiger partial charge in [0.25, 0.3) is 0 Å². The zero-order valence-electron chi connectivity index (χ0n) is 12.5. The molecule has 18 heavy (non-hydrogen) atoms. The molecule has 0 bridgehead atoms. The molecule has 1 N–H and O–H groups in total. The van der Waals surface area contributed by atoms with Gasteiger partial charge in [0, 0.05) is 24.7 Å². The zero-order chi connectivity index (χ0) is 13.0. The van der Waals surface area contributed by atoms with Gasteiger partial charge in [-0.1, -0.05) is 19.3 Å². The van der Waals surface area contributed by atoms with E-state index in [9.17, 15) is 0 Å². The maximum absolute atomic E-state index is 3.59. The summed E-state index contributed by atoms with van der Waals surface area (Å²) in [5, 5.41) is 3.59. The minimum Gasteiger partial charge on any atom is -0.315 e. The maximum Gasteiger partial charge on any atom is 0.0252 e. The van der Waals surface area contributed by atoms with Crippen LogP contribution in [-0.4, -0.2) is 62.2 Å². The normalized spacial score (nSPS) is 35.0. The Morgan fingerprint density at radius 1 is 1.06 bits per heavy atom. The molecule has 3 nitrogen and oxygen atoms in total. The number of nitrogens with one attached hydrogen (secondary N) is 1. The Bertz CT molecular complexity index is 242. The molecule has 3 unspecified atom stereocenters. The van der Waals surface area contributed by atoms with Gasteiger partial charge >= 0.3 is 0 Å². The molecular weight excluding hydrogens is 222 g/mol. The molecule has 0 spiro atoms. The summed E-state index contributed by atoms with van der Waals surface area (Å²) in [4.78, 5) is 5.18. The van der Waals surface area contributed by atoms with Crippen LogP contribution in [0.25, 0.3) is 0 Å². The Morgan fingerprint density at radius 2 is 1.83 bits per heavy atom. The average Bonchev–Trinajstić information content (AvgIpc) is 2.64. The first-order chi connectivity index (χ1) is 8.72. The number of likely N-dealkylation sites (N-methyl/N-ethyl adjacent to an activating group) is 2. The second-order valence-corrected chi connectivity index (χ2v) is 6.40. The van der Waals surface area contributed by atoms with E-state index in [1.54, 1.807) is 0 Å². The van der Waals surface area contributed by atoms with Crippen molar-refractivity contribution in [3.63, 3.8) is 0 Å². The van der Waals surface area contributed by atoms with Gasteiger partial charge in [0.15, 0.2) is 0 Å². The van der Waals surface area contributed by atoms with Gasteiger partial charge in [-0.25, -0.2) is 0 Å². The van der Waals surface area contributed by atoms with Crippen molar-refractivity contribution < 1.29 is 0 Å². The van der Waals surface area contributed by atoms with Crippen molar-refractivity contribution in [2.24, 2.45) is 0 Å². The summed E-state index contributed by atoms with van der Waals surface area (Å²) in [5.41, 5.74) is 0. The maximum atomic E-state index is 3.59. The number of likely N-dealkylation sites (tertiary alicyclic amines) is 1. The fraction of sp³-hybridized carbons (Fsp3) is 1.00. The summed E-state index contributed by atoms with van der Waals surface area (Å²) in [5.74, 6) is 0. The van der Waals surface area contributed by atoms with E-state index < -0.39 is 0 Å². The molecule has 1 saturated carbocycles. The molecule has 1 aliphatic carbocycles. The summed E-state index contributed by atoms with van der Waals surface area (Å²) in [6.45, 7) is 2.55. The first kappa shape index (κ1) is 14.3. The highest BCUT2D eigenvalue weighted by atomic mass is 15.3. The lowest BCUT2D eigenvalue weighted by molar-refractivity contribution is 0.119. The van der Waals surface area contributed by atoms with Crippen LogP contribution in [0, 0.1) is 0 Å². The van der Waals surface area contributed by atoms with E-state index in [1.807, 2.05) is 0 Å². The van der Waals surface area contributed by atoms with Crippen LogP contribution in [0.3, 0.4) is 0 Å². The molecule has 106 valence electrons. The molecule has 2 fully saturated rings. The van der Waals surface area contributed by atoms with Gasteiger partial charge < -0.3 is 10.2 Å². The molecular formula is C15H31N3. The fourth-order valence-electron chi connectivity index (χ4n) is 3.93. The third-order valence-corrected chi connectivity index (χ3v) is 4.77. The summed E-state index contributed by atoms with van der Waals surface area (Å²) in [7, 11) is 6.57. The van der Waals surface area contributed by atoms with Crippen molar-refractivity contribution >= 4 is 0 Å². The summed E-state index contributed by atoms with van der Waals surface area (Å²) < 4.78 is 0. The summed E-state index contributed by atoms with van der Waals surface area (Å²) in [6, 6.07) is 2.29. The van der Waals surface area contributed by atoms with E-state index >= 15 is 0 Å². The van der Waals surface area contributed by atoms with E-state index in [1.165, 1.54) is 58.0 Å². The van der Waals surface area contributed by atoms with Gasteiger partial charge in [0.1, 0.15) is 0 Å². The van der Waals surface area contributed by atoms with Crippen molar-refractivity contribution in [3.05, 3.63) is 0 Å². The third-order valence-electron chi connectivity index (χ3n) is 4.77. The highest BCUT2D eigenvalue weighted by molar-refractivity contribution is 4.93. The lowest BCUT2D eigenvalue weighted by Gasteiger charge is -2.38. The van der Waals surface area contributed by atoms with Gasteiger partial charge in [-0.05, 0) is 53.4 Å². The van der Waals surface area contributed by atoms with E-state index in [-0.39, 0.29) is 0 Å². The van der Waals surface area contributed by atoms with Gasteiger partial charge in [0.05, 0.1) is 0 Å². The standard InChI is InChI=1S/C15H31N3/c1-16-14-9-5-4-6-10-15(14)18-11-7-8-13(18)12-17(2)3/h13-16H,4-12H2,1-3H3. The minimum absolute atomic E-state index is 0.718. The molecule has 1 aliphatic heterocycles. The molecule has 2 rings (SSSR count). The monoisotopic (exact) mass is 253 g/mol. The van der Waals surface area contributed by atoms with Crippen LogP contribution < -0.4 is 5.32 Å². The Morgan fingerprint density at radius 3 is 2.56 bits per heavy atom. The third kappa shape index (κ3) is 3.46. The van der Waals surface area contributed by atoms with Crippen LogP contribution >= 0.6 is 0 Å². The Balaban J connectivity index is 2.01. The van der Waals surface area contributed by atoms with Gasteiger partial charge in [-0.15, -0.1) is 0 Å². The Hall–Kier alpha value is -0.120. The smallest absolute Gasteiger partial charge is 0.0252 e. The minimum atomic E-state index is 0.718. The van der Waals surface area contributed by atoms with E-state index in [2.05, 4.69) is 36.3 Å². The largest absolute Gasteiger partial charge is 0.315 e. The van der Waals surface area contributed by atoms with Crippen molar-refractivity contribution in [2.45, 2.75) is 63.1 Å². The summed E-state index contributed by atoms with van der Waals surface area (Å²) >= 11 is 0. The molecule has 3 atom stereocenters. The average molecular weight is 253 g/mol. The number of rotatable bonds is 4. The zero-order valence-corrected chi connectivity index (χ0v) is 12.5. The Labute approximate surface area is 113 Å². The highest BCUT2D eigenvalue weighted by Gasteiger charge is 2.35. The molecule has 0 aromatic heterocycles. The first-order valence-electron chi connectivity index (χ1n) is 7.80. The van der Waals surface area contributed by atoms with Crippen molar-refractivity contribution in [1.29, 1.82) is 0 Å². The second-order valence-electron chi connectivity index (χ2n) is 6.40. The lowest BCUT2D eigenvalue weighted by Crippen LogP contribution is -2.52. The lowest BCUT2D eigenvalue weighted by atomic mass is 10.0. The SMILES string of the molecule is CNC1CCCCCC1N1CCCC1CN(C)C. The Kier molecular flexibility index (Phi) is 5.46. The number of hydrogen-bond donors (Lipinski definition) is 1. The van der Waals surface area contributed by atoms with Crippen molar-refractivity contribution in [2.75, 3.05) is 34.2 Å². The molecule has 0 radical (unpaired) electrons. The molecule has 0 aromatic carbocycles. The molecule has 2 aliphatic rings. The van der Waals surface area contributed by atoms with Crippen LogP contribution in [0.15, 0.2) is 0 Å². The van der Waals surface area contributed by atoms with Gasteiger partial charge in [-0.3, -0.25) is 4.90 Å². The van der Waals surface area contributed by atoms with E-state index in [4.69, 9.17) is 0 Å². The van der Waals surface area contributed by atoms with Crippen LogP contribution in [0.2, 0.25) is 0 Å². The van der Waals surface area contributed by atoms with Crippen LogP contribution in [0.1, 0.15) is 44.9 Å². The quantitative estimate of drug-likeness (QED) is 0.773. The predicted octanol–water partition coefficient (Wildman–Crippen LogP) is 1.93. The van der Waals surface area contributed by atoms with Crippen LogP contribution in [0.4, 0.5) is 0 Å². The van der Waals surface area contributed by atoms with Gasteiger partial charge in [-0.2, -0.15) is 0 Å². The number of hydrogen-bond acceptors (Lipinski definition) is 3. The van der Waals surface area contributed by atoms with Crippen molar-refractivity contribution in [3.8, 4) is 0 Å². The van der Waals surface area contributed by atoms with Gasteiger partial charge in [0.2, 0.25) is 0 Å². The van der Waals surface area contributed by atoms with E-state index in [0.29, 0.717) is 0 Å². The number of nitrogens with zero attached hydrogens (tertiary/aromatic N) is 2. The van der Waals surface area contributed by atoms with Crippen LogP contribution in [-0.2, 0) is 0 Å². The molecule has 1 heterocycles. The highest BCUT2D eigenvalue weighted by Crippen LogP contribution is 2.29. The first-order valence-corrected chi connectivity index (χ1v) is 7.80. The molecule has 0 amide bonds. The topological polar surface area (TPSA) is 18.5 Å². The van der Waals surface area contributed by atoms with Crippen LogP contribution in [0.5, 0.6) is 0 Å². The molecule has 0 aromatic rings. The predicted molar refractivity (Wildman–Crippen MR) is 78.0 cm³/mol. The summed E-state index contributed by atoms with van der Waals surface area (Å²) in [6.07, 6.45) is 9.82.